The number of allylic oxidation sites excluding steroid dienone is 20. The Bertz CT molecular complexity index is 1440. The highest BCUT2D eigenvalue weighted by molar-refractivity contribution is 5.71. The molecule has 0 N–H and O–H groups in total. The van der Waals surface area contributed by atoms with Gasteiger partial charge in [-0.2, -0.15) is 0 Å². The van der Waals surface area contributed by atoms with Crippen molar-refractivity contribution in [2.24, 2.45) is 0 Å². The molecule has 0 saturated heterocycles. The maximum absolute atomic E-state index is 12.8. The predicted molar refractivity (Wildman–Crippen MR) is 288 cm³/mol. The highest BCUT2D eigenvalue weighted by Gasteiger charge is 2.19. The predicted octanol–water partition coefficient (Wildman–Crippen LogP) is 18.1. The monoisotopic (exact) mass is 927 g/mol. The molecule has 0 saturated carbocycles. The largest absolute Gasteiger partial charge is 0.462 e. The average Bonchev–Trinajstić information content (AvgIpc) is 3.33. The van der Waals surface area contributed by atoms with Gasteiger partial charge in [0, 0.05) is 19.3 Å². The SMILES string of the molecule is CCCCC/C=C\C/C=C\C/C=C\C/C=C\C/C=C\CCC(=O)O[C@H](COC(=O)CCCC/C=C\C/C=C\C/C=C\CCCCC)COC(=O)CCCCCCC/C=C\C/C=C\CCCCC. The van der Waals surface area contributed by atoms with Gasteiger partial charge in [-0.15, -0.1) is 0 Å². The Morgan fingerprint density at radius 2 is 0.567 bits per heavy atom. The van der Waals surface area contributed by atoms with E-state index in [0.29, 0.717) is 19.3 Å². The van der Waals surface area contributed by atoms with Crippen molar-refractivity contribution in [1.29, 1.82) is 0 Å². The standard InChI is InChI=1S/C61H98O6/c1-4-7-10-13-16-19-22-25-28-29-30-31-34-37-40-43-46-49-52-55-61(64)67-58(56-65-59(62)53-50-47-44-41-38-35-32-26-23-20-17-14-11-8-5-2)57-66-60(63)54-51-48-45-42-39-36-33-27-24-21-18-15-12-9-6-3/h16-21,25-28,30-33,37-38,40-41,46,49,58H,4-15,22-24,29,34-36,39,42-45,47-48,50-57H2,1-3H3/b19-16-,20-17-,21-18-,28-25-,31-30-,32-26-,33-27-,40-37-,41-38-,49-46-/t58-/m1/s1. The van der Waals surface area contributed by atoms with Crippen molar-refractivity contribution >= 4 is 17.9 Å². The Labute approximate surface area is 412 Å². The number of hydrogen-bond acceptors (Lipinski definition) is 6. The summed E-state index contributed by atoms with van der Waals surface area (Å²) >= 11 is 0. The van der Waals surface area contributed by atoms with Gasteiger partial charge in [-0.25, -0.2) is 0 Å². The number of carbonyl (C=O) groups is 3. The third kappa shape index (κ3) is 52.6. The fourth-order valence-corrected chi connectivity index (χ4v) is 6.81. The first kappa shape index (κ1) is 62.8. The van der Waals surface area contributed by atoms with E-state index in [1.807, 2.05) is 12.2 Å². The lowest BCUT2D eigenvalue weighted by Crippen LogP contribution is -2.30. The number of rotatable bonds is 47. The van der Waals surface area contributed by atoms with Gasteiger partial charge >= 0.3 is 17.9 Å². The molecular weight excluding hydrogens is 829 g/mol. The number of unbranched alkanes of at least 4 members (excludes halogenated alkanes) is 16. The molecule has 0 aromatic rings. The van der Waals surface area contributed by atoms with Gasteiger partial charge in [-0.3, -0.25) is 14.4 Å². The van der Waals surface area contributed by atoms with Crippen molar-refractivity contribution < 1.29 is 28.6 Å². The van der Waals surface area contributed by atoms with Crippen LogP contribution in [0.4, 0.5) is 0 Å². The average molecular weight is 927 g/mol. The minimum atomic E-state index is -0.842. The smallest absolute Gasteiger partial charge is 0.306 e. The van der Waals surface area contributed by atoms with Crippen LogP contribution in [0.15, 0.2) is 122 Å². The van der Waals surface area contributed by atoms with E-state index in [-0.39, 0.29) is 38.0 Å². The van der Waals surface area contributed by atoms with Crippen LogP contribution in [-0.4, -0.2) is 37.2 Å². The fourth-order valence-electron chi connectivity index (χ4n) is 6.81. The van der Waals surface area contributed by atoms with Gasteiger partial charge in [-0.1, -0.05) is 200 Å². The number of esters is 3. The lowest BCUT2D eigenvalue weighted by molar-refractivity contribution is -0.166. The second-order valence-corrected chi connectivity index (χ2v) is 17.4. The summed E-state index contributed by atoms with van der Waals surface area (Å²) in [5, 5.41) is 0. The second kappa shape index (κ2) is 54.4. The van der Waals surface area contributed by atoms with Crippen molar-refractivity contribution in [1.82, 2.24) is 0 Å². The van der Waals surface area contributed by atoms with Gasteiger partial charge < -0.3 is 14.2 Å². The lowest BCUT2D eigenvalue weighted by atomic mass is 10.1. The van der Waals surface area contributed by atoms with Crippen molar-refractivity contribution in [2.45, 2.75) is 232 Å². The molecular formula is C61H98O6. The van der Waals surface area contributed by atoms with Crippen molar-refractivity contribution in [3.63, 3.8) is 0 Å². The van der Waals surface area contributed by atoms with E-state index in [0.717, 1.165) is 96.3 Å². The molecule has 0 aliphatic carbocycles. The molecule has 0 spiro atoms. The highest BCUT2D eigenvalue weighted by Crippen LogP contribution is 2.11. The Balaban J connectivity index is 4.61. The highest BCUT2D eigenvalue weighted by atomic mass is 16.6. The molecule has 378 valence electrons. The van der Waals surface area contributed by atoms with Gasteiger partial charge in [0.25, 0.3) is 0 Å². The molecule has 0 bridgehead atoms. The summed E-state index contributed by atoms with van der Waals surface area (Å²) < 4.78 is 16.7. The van der Waals surface area contributed by atoms with Crippen LogP contribution < -0.4 is 0 Å². The van der Waals surface area contributed by atoms with E-state index in [1.165, 1.54) is 77.0 Å². The van der Waals surface area contributed by atoms with Crippen molar-refractivity contribution in [3.8, 4) is 0 Å². The third-order valence-corrected chi connectivity index (χ3v) is 10.9. The van der Waals surface area contributed by atoms with E-state index in [2.05, 4.69) is 130 Å². The van der Waals surface area contributed by atoms with Crippen LogP contribution >= 0.6 is 0 Å². The van der Waals surface area contributed by atoms with Gasteiger partial charge in [0.15, 0.2) is 6.10 Å². The first-order valence-corrected chi connectivity index (χ1v) is 27.0. The summed E-state index contributed by atoms with van der Waals surface area (Å²) in [6.07, 6.45) is 74.8. The number of ether oxygens (including phenoxy) is 3. The van der Waals surface area contributed by atoms with E-state index >= 15 is 0 Å². The summed E-state index contributed by atoms with van der Waals surface area (Å²) in [7, 11) is 0. The second-order valence-electron chi connectivity index (χ2n) is 17.4. The molecule has 0 amide bonds. The summed E-state index contributed by atoms with van der Waals surface area (Å²) in [5.41, 5.74) is 0. The minimum Gasteiger partial charge on any atom is -0.462 e. The number of hydrogen-bond donors (Lipinski definition) is 0. The summed E-state index contributed by atoms with van der Waals surface area (Å²) in [5.74, 6) is -1.07. The molecule has 0 aliphatic heterocycles. The van der Waals surface area contributed by atoms with E-state index in [4.69, 9.17) is 14.2 Å². The topological polar surface area (TPSA) is 78.9 Å². The normalized spacial score (nSPS) is 13.1. The van der Waals surface area contributed by atoms with Gasteiger partial charge in [0.1, 0.15) is 13.2 Å². The molecule has 0 radical (unpaired) electrons. The maximum atomic E-state index is 12.8. The molecule has 6 nitrogen and oxygen atoms in total. The van der Waals surface area contributed by atoms with E-state index in [1.54, 1.807) is 0 Å². The van der Waals surface area contributed by atoms with Crippen molar-refractivity contribution in [2.75, 3.05) is 13.2 Å². The van der Waals surface area contributed by atoms with Crippen LogP contribution in [-0.2, 0) is 28.6 Å². The quantitative estimate of drug-likeness (QED) is 0.0262. The Morgan fingerprint density at radius 3 is 0.925 bits per heavy atom. The van der Waals surface area contributed by atoms with Crippen LogP contribution in [0.5, 0.6) is 0 Å². The Morgan fingerprint density at radius 1 is 0.299 bits per heavy atom. The van der Waals surface area contributed by atoms with Gasteiger partial charge in [-0.05, 0) is 128 Å². The Hall–Kier alpha value is -4.19. The zero-order valence-corrected chi connectivity index (χ0v) is 43.1. The maximum Gasteiger partial charge on any atom is 0.306 e. The van der Waals surface area contributed by atoms with Crippen LogP contribution in [0.25, 0.3) is 0 Å². The molecule has 0 aromatic heterocycles. The molecule has 0 rings (SSSR count). The first-order chi connectivity index (χ1) is 33.0. The van der Waals surface area contributed by atoms with Crippen molar-refractivity contribution in [3.05, 3.63) is 122 Å². The molecule has 0 aromatic carbocycles. The molecule has 0 fully saturated rings. The molecule has 0 unspecified atom stereocenters. The molecule has 0 heterocycles. The van der Waals surface area contributed by atoms with Crippen LogP contribution in [0, 0.1) is 0 Å². The summed E-state index contributed by atoms with van der Waals surface area (Å²) in [6, 6.07) is 0. The summed E-state index contributed by atoms with van der Waals surface area (Å²) in [6.45, 7) is 6.43. The van der Waals surface area contributed by atoms with E-state index in [9.17, 15) is 14.4 Å². The minimum absolute atomic E-state index is 0.130. The molecule has 6 heteroatoms. The van der Waals surface area contributed by atoms with Gasteiger partial charge in [0.2, 0.25) is 0 Å². The Kier molecular flexibility index (Phi) is 51.0. The molecule has 1 atom stereocenters. The summed E-state index contributed by atoms with van der Waals surface area (Å²) in [4.78, 5) is 38.0. The van der Waals surface area contributed by atoms with Crippen LogP contribution in [0.2, 0.25) is 0 Å². The van der Waals surface area contributed by atoms with E-state index < -0.39 is 12.1 Å². The first-order valence-electron chi connectivity index (χ1n) is 27.0. The van der Waals surface area contributed by atoms with Crippen LogP contribution in [0.1, 0.15) is 226 Å². The zero-order chi connectivity index (χ0) is 48.6. The number of carbonyl (C=O) groups excluding carboxylic acids is 3. The molecule has 0 aliphatic rings. The van der Waals surface area contributed by atoms with Gasteiger partial charge in [0.05, 0.1) is 0 Å². The van der Waals surface area contributed by atoms with Crippen LogP contribution in [0.3, 0.4) is 0 Å². The zero-order valence-electron chi connectivity index (χ0n) is 43.1. The lowest BCUT2D eigenvalue weighted by Gasteiger charge is -2.18. The molecule has 67 heavy (non-hydrogen) atoms. The fraction of sp³-hybridized carbons (Fsp3) is 0.623. The third-order valence-electron chi connectivity index (χ3n) is 10.9.